The van der Waals surface area contributed by atoms with Gasteiger partial charge in [0, 0.05) is 12.8 Å². The van der Waals surface area contributed by atoms with Gasteiger partial charge in [-0.3, -0.25) is 9.59 Å². The van der Waals surface area contributed by atoms with Gasteiger partial charge in [-0.1, -0.05) is 334 Å². The molecule has 0 aliphatic rings. The molecule has 438 valence electrons. The molecule has 74 heavy (non-hydrogen) atoms. The Morgan fingerprint density at radius 3 is 1.07 bits per heavy atom. The first kappa shape index (κ1) is 72.3. The van der Waals surface area contributed by atoms with Crippen LogP contribution in [0.2, 0.25) is 0 Å². The van der Waals surface area contributed by atoms with Gasteiger partial charge in [-0.15, -0.1) is 0 Å². The fourth-order valence-corrected chi connectivity index (χ4v) is 10.6. The fraction of sp³-hybridized carbons (Fsp3) is 0.912. The summed E-state index contributed by atoms with van der Waals surface area (Å²) < 4.78 is 5.48. The number of hydrogen-bond donors (Lipinski definition) is 3. The van der Waals surface area contributed by atoms with Crippen molar-refractivity contribution in [2.45, 2.75) is 386 Å². The first-order valence-corrected chi connectivity index (χ1v) is 33.6. The monoisotopic (exact) mass is 1040 g/mol. The number of amides is 1. The Hall–Kier alpha value is -1.66. The molecule has 0 spiro atoms. The highest BCUT2D eigenvalue weighted by molar-refractivity contribution is 5.76. The summed E-state index contributed by atoms with van der Waals surface area (Å²) in [6, 6.07) is -0.545. The smallest absolute Gasteiger partial charge is 0.305 e. The van der Waals surface area contributed by atoms with Crippen molar-refractivity contribution < 1.29 is 24.5 Å². The van der Waals surface area contributed by atoms with Gasteiger partial charge in [-0.25, -0.2) is 0 Å². The molecule has 0 aliphatic heterocycles. The summed E-state index contributed by atoms with van der Waals surface area (Å²) >= 11 is 0. The maximum absolute atomic E-state index is 12.5. The molecule has 2 unspecified atom stereocenters. The van der Waals surface area contributed by atoms with Crippen LogP contribution in [0.15, 0.2) is 24.3 Å². The minimum atomic E-state index is -0.668. The third-order valence-corrected chi connectivity index (χ3v) is 15.8. The number of ether oxygens (including phenoxy) is 1. The van der Waals surface area contributed by atoms with Crippen LogP contribution in [0.4, 0.5) is 0 Å². The van der Waals surface area contributed by atoms with Crippen molar-refractivity contribution in [2.75, 3.05) is 13.2 Å². The molecule has 0 aromatic heterocycles. The van der Waals surface area contributed by atoms with Gasteiger partial charge >= 0.3 is 5.97 Å². The van der Waals surface area contributed by atoms with Gasteiger partial charge in [0.2, 0.25) is 5.91 Å². The van der Waals surface area contributed by atoms with E-state index in [1.54, 1.807) is 0 Å². The van der Waals surface area contributed by atoms with E-state index in [4.69, 9.17) is 4.74 Å². The molecule has 0 radical (unpaired) electrons. The number of carbonyl (C=O) groups is 2. The molecule has 6 nitrogen and oxygen atoms in total. The highest BCUT2D eigenvalue weighted by atomic mass is 16.5. The molecule has 0 saturated heterocycles. The summed E-state index contributed by atoms with van der Waals surface area (Å²) in [7, 11) is 0. The standard InChI is InChI=1S/C68H131NO5/c1-3-5-7-9-11-13-15-17-19-20-21-22-23-24-25-27-30-33-36-40-44-48-52-56-60-66(71)65(64-70)69-67(72)61-57-53-49-45-41-37-34-31-28-26-29-32-35-39-43-47-51-55-59-63-74-68(73)62-58-54-50-46-42-38-18-16-14-12-10-8-6-4-2/h10,12,16,18,65-66,70-71H,3-9,11,13-15,17,19-64H2,1-2H3,(H,69,72)/b12-10-,18-16-. The van der Waals surface area contributed by atoms with Gasteiger partial charge in [0.25, 0.3) is 0 Å². The van der Waals surface area contributed by atoms with Crippen molar-refractivity contribution >= 4 is 11.9 Å². The minimum Gasteiger partial charge on any atom is -0.466 e. The number of nitrogens with one attached hydrogen (secondary N) is 1. The number of carbonyl (C=O) groups excluding carboxylic acids is 2. The average molecular weight is 1040 g/mol. The van der Waals surface area contributed by atoms with Crippen LogP contribution in [0.1, 0.15) is 373 Å². The quantitative estimate of drug-likeness (QED) is 0.0320. The normalized spacial score (nSPS) is 12.6. The first-order valence-electron chi connectivity index (χ1n) is 33.6. The lowest BCUT2D eigenvalue weighted by Gasteiger charge is -2.22. The van der Waals surface area contributed by atoms with Crippen LogP contribution in [-0.2, 0) is 14.3 Å². The predicted octanol–water partition coefficient (Wildman–Crippen LogP) is 21.4. The molecular weight excluding hydrogens is 911 g/mol. The lowest BCUT2D eigenvalue weighted by atomic mass is 10.0. The summed E-state index contributed by atoms with van der Waals surface area (Å²) in [5.41, 5.74) is 0. The summed E-state index contributed by atoms with van der Waals surface area (Å²) in [6.07, 6.45) is 79.2. The molecule has 0 aromatic carbocycles. The van der Waals surface area contributed by atoms with Crippen molar-refractivity contribution in [3.63, 3.8) is 0 Å². The molecule has 3 N–H and O–H groups in total. The second-order valence-electron chi connectivity index (χ2n) is 23.2. The SMILES string of the molecule is CCCC/C=C\C/C=C\CCCCCCCC(=O)OCCCCCCCCCCCCCCCCCCCCCC(=O)NC(CO)C(O)CCCCCCCCCCCCCCCCCCCCCCCCCC. The maximum Gasteiger partial charge on any atom is 0.305 e. The number of aliphatic hydroxyl groups is 2. The number of hydrogen-bond acceptors (Lipinski definition) is 5. The van der Waals surface area contributed by atoms with Crippen molar-refractivity contribution in [2.24, 2.45) is 0 Å². The van der Waals surface area contributed by atoms with Gasteiger partial charge in [-0.2, -0.15) is 0 Å². The highest BCUT2D eigenvalue weighted by Gasteiger charge is 2.20. The van der Waals surface area contributed by atoms with E-state index >= 15 is 0 Å². The van der Waals surface area contributed by atoms with E-state index < -0.39 is 12.1 Å². The van der Waals surface area contributed by atoms with Crippen LogP contribution in [0.3, 0.4) is 0 Å². The third-order valence-electron chi connectivity index (χ3n) is 15.8. The van der Waals surface area contributed by atoms with Gasteiger partial charge in [0.1, 0.15) is 0 Å². The van der Waals surface area contributed by atoms with Gasteiger partial charge in [0.05, 0.1) is 25.4 Å². The zero-order chi connectivity index (χ0) is 53.6. The lowest BCUT2D eigenvalue weighted by Crippen LogP contribution is -2.45. The van der Waals surface area contributed by atoms with E-state index in [1.165, 1.54) is 289 Å². The maximum atomic E-state index is 12.5. The minimum absolute atomic E-state index is 0.00461. The summed E-state index contributed by atoms with van der Waals surface area (Å²) in [5.74, 6) is -0.0384. The van der Waals surface area contributed by atoms with Crippen molar-refractivity contribution in [3.8, 4) is 0 Å². The fourth-order valence-electron chi connectivity index (χ4n) is 10.6. The van der Waals surface area contributed by atoms with E-state index in [2.05, 4.69) is 43.5 Å². The Kier molecular flexibility index (Phi) is 62.4. The molecule has 0 rings (SSSR count). The van der Waals surface area contributed by atoms with E-state index in [0.717, 1.165) is 51.4 Å². The number of esters is 1. The van der Waals surface area contributed by atoms with Crippen LogP contribution in [-0.4, -0.2) is 47.4 Å². The third kappa shape index (κ3) is 59.6. The van der Waals surface area contributed by atoms with Crippen LogP contribution in [0.5, 0.6) is 0 Å². The van der Waals surface area contributed by atoms with Crippen molar-refractivity contribution in [3.05, 3.63) is 24.3 Å². The molecule has 0 fully saturated rings. The summed E-state index contributed by atoms with van der Waals surface area (Å²) in [5, 5.41) is 23.4. The van der Waals surface area contributed by atoms with Crippen molar-refractivity contribution in [1.82, 2.24) is 5.32 Å². The second kappa shape index (κ2) is 63.9. The zero-order valence-electron chi connectivity index (χ0n) is 50.1. The molecule has 6 heteroatoms. The average Bonchev–Trinajstić information content (AvgIpc) is 3.40. The lowest BCUT2D eigenvalue weighted by molar-refractivity contribution is -0.143. The molecule has 1 amide bonds. The van der Waals surface area contributed by atoms with Crippen LogP contribution in [0, 0.1) is 0 Å². The van der Waals surface area contributed by atoms with Crippen molar-refractivity contribution in [1.29, 1.82) is 0 Å². The van der Waals surface area contributed by atoms with E-state index in [9.17, 15) is 19.8 Å². The molecule has 0 bridgehead atoms. The topological polar surface area (TPSA) is 95.9 Å². The Morgan fingerprint density at radius 2 is 0.689 bits per heavy atom. The Morgan fingerprint density at radius 1 is 0.378 bits per heavy atom. The van der Waals surface area contributed by atoms with Crippen LogP contribution >= 0.6 is 0 Å². The zero-order valence-corrected chi connectivity index (χ0v) is 50.1. The van der Waals surface area contributed by atoms with Gasteiger partial charge in [-0.05, 0) is 51.4 Å². The molecule has 2 atom stereocenters. The molecular formula is C68H131NO5. The van der Waals surface area contributed by atoms with E-state index in [-0.39, 0.29) is 18.5 Å². The molecule has 0 aliphatic carbocycles. The van der Waals surface area contributed by atoms with Crippen LogP contribution in [0.25, 0.3) is 0 Å². The number of rotatable bonds is 63. The highest BCUT2D eigenvalue weighted by Crippen LogP contribution is 2.19. The summed E-state index contributed by atoms with van der Waals surface area (Å²) in [6.45, 7) is 4.93. The Labute approximate surface area is 462 Å². The molecule has 0 saturated carbocycles. The molecule has 0 aromatic rings. The number of allylic oxidation sites excluding steroid dienone is 4. The van der Waals surface area contributed by atoms with Gasteiger partial charge < -0.3 is 20.3 Å². The second-order valence-corrected chi connectivity index (χ2v) is 23.2. The van der Waals surface area contributed by atoms with Crippen LogP contribution < -0.4 is 5.32 Å². The van der Waals surface area contributed by atoms with Gasteiger partial charge in [0.15, 0.2) is 0 Å². The number of aliphatic hydroxyl groups excluding tert-OH is 2. The number of unbranched alkanes of at least 4 members (excludes halogenated alkanes) is 48. The van der Waals surface area contributed by atoms with E-state index in [1.807, 2.05) is 0 Å². The largest absolute Gasteiger partial charge is 0.466 e. The Bertz CT molecular complexity index is 1150. The molecule has 0 heterocycles. The Balaban J connectivity index is 3.40. The van der Waals surface area contributed by atoms with E-state index in [0.29, 0.717) is 25.9 Å². The summed E-state index contributed by atoms with van der Waals surface area (Å²) in [4.78, 5) is 24.6. The first-order chi connectivity index (χ1) is 36.5. The predicted molar refractivity (Wildman–Crippen MR) is 324 cm³/mol.